The maximum absolute atomic E-state index is 6.13. The number of rotatable bonds is 3. The van der Waals surface area contributed by atoms with E-state index in [0.29, 0.717) is 12.2 Å². The third kappa shape index (κ3) is 2.95. The molecule has 0 amide bonds. The number of thioether (sulfide) groups is 1. The number of nitrogens with zero attached hydrogens (tertiary/aromatic N) is 3. The number of nitrogens with one attached hydrogen (secondary N) is 1. The number of hydrogen-bond donors (Lipinski definition) is 1. The molecule has 5 saturated heterocycles. The van der Waals surface area contributed by atoms with Crippen molar-refractivity contribution in [2.45, 2.75) is 37.0 Å². The summed E-state index contributed by atoms with van der Waals surface area (Å²) < 4.78 is 11.7. The molecule has 2 bridgehead atoms. The molecule has 7 heteroatoms. The highest BCUT2D eigenvalue weighted by atomic mass is 32.2. The van der Waals surface area contributed by atoms with Crippen molar-refractivity contribution in [3.8, 4) is 0 Å². The lowest BCUT2D eigenvalue weighted by Crippen LogP contribution is -2.60. The summed E-state index contributed by atoms with van der Waals surface area (Å²) in [7, 11) is 1.94. The minimum absolute atomic E-state index is 0.266. The van der Waals surface area contributed by atoms with Gasteiger partial charge in [-0.15, -0.1) is 0 Å². The fourth-order valence-corrected chi connectivity index (χ4v) is 7.32. The second-order valence-electron chi connectivity index (χ2n) is 8.55. The molecule has 0 aromatic carbocycles. The molecule has 5 atom stereocenters. The Morgan fingerprint density at radius 3 is 2.54 bits per heavy atom. The first-order chi connectivity index (χ1) is 12.8. The summed E-state index contributed by atoms with van der Waals surface area (Å²) in [5.74, 6) is 5.04. The van der Waals surface area contributed by atoms with Crippen LogP contribution in [0.3, 0.4) is 0 Å². The third-order valence-corrected chi connectivity index (χ3v) is 8.54. The molecule has 0 aliphatic carbocycles. The summed E-state index contributed by atoms with van der Waals surface area (Å²) in [6, 6.07) is 0. The van der Waals surface area contributed by atoms with E-state index in [4.69, 9.17) is 9.47 Å². The SMILES string of the molecule is CN=C(NCC1(N2CCOCC2)CCSC1)N1CC2C3CCC(O3)C2C1. The molecule has 6 nitrogen and oxygen atoms in total. The third-order valence-electron chi connectivity index (χ3n) is 7.30. The fraction of sp³-hybridized carbons (Fsp3) is 0.947. The van der Waals surface area contributed by atoms with Gasteiger partial charge in [-0.05, 0) is 25.0 Å². The van der Waals surface area contributed by atoms with Gasteiger partial charge in [0.2, 0.25) is 0 Å². The van der Waals surface area contributed by atoms with E-state index in [2.05, 4.69) is 31.9 Å². The van der Waals surface area contributed by atoms with Crippen LogP contribution in [0, 0.1) is 11.8 Å². The molecule has 5 rings (SSSR count). The molecule has 1 N–H and O–H groups in total. The molecule has 0 spiro atoms. The molecule has 0 aromatic heterocycles. The Hall–Kier alpha value is -0.500. The van der Waals surface area contributed by atoms with E-state index in [0.717, 1.165) is 63.7 Å². The molecule has 5 fully saturated rings. The van der Waals surface area contributed by atoms with Crippen LogP contribution in [-0.2, 0) is 9.47 Å². The standard InChI is InChI=1S/C19H32N4O2S/c1-20-18(22-10-14-15(11-22)17-3-2-16(14)25-17)21-12-19(4-9-26-13-19)23-5-7-24-8-6-23/h14-17H,2-13H2,1H3,(H,20,21). The second kappa shape index (κ2) is 7.15. The van der Waals surface area contributed by atoms with Crippen molar-refractivity contribution in [1.82, 2.24) is 15.1 Å². The summed E-state index contributed by atoms with van der Waals surface area (Å²) in [5, 5.41) is 3.77. The van der Waals surface area contributed by atoms with E-state index >= 15 is 0 Å². The van der Waals surface area contributed by atoms with Crippen LogP contribution in [0.25, 0.3) is 0 Å². The van der Waals surface area contributed by atoms with Crippen molar-refractivity contribution in [1.29, 1.82) is 0 Å². The number of guanidine groups is 1. The summed E-state index contributed by atoms with van der Waals surface area (Å²) >= 11 is 2.10. The lowest BCUT2D eigenvalue weighted by molar-refractivity contribution is -0.0121. The molecule has 5 aliphatic rings. The van der Waals surface area contributed by atoms with Crippen LogP contribution in [-0.4, -0.2) is 98.0 Å². The number of morpholine rings is 1. The zero-order valence-electron chi connectivity index (χ0n) is 15.9. The van der Waals surface area contributed by atoms with Crippen molar-refractivity contribution < 1.29 is 9.47 Å². The van der Waals surface area contributed by atoms with E-state index in [9.17, 15) is 0 Å². The molecule has 0 aromatic rings. The molecule has 5 aliphatic heterocycles. The van der Waals surface area contributed by atoms with E-state index in [-0.39, 0.29) is 5.54 Å². The topological polar surface area (TPSA) is 49.3 Å². The summed E-state index contributed by atoms with van der Waals surface area (Å²) in [4.78, 5) is 9.81. The first-order valence-electron chi connectivity index (χ1n) is 10.3. The Balaban J connectivity index is 1.23. The Morgan fingerprint density at radius 1 is 1.19 bits per heavy atom. The van der Waals surface area contributed by atoms with Gasteiger partial charge < -0.3 is 19.7 Å². The zero-order valence-corrected chi connectivity index (χ0v) is 16.7. The van der Waals surface area contributed by atoms with E-state index in [1.165, 1.54) is 30.8 Å². The van der Waals surface area contributed by atoms with Gasteiger partial charge in [0.15, 0.2) is 5.96 Å². The van der Waals surface area contributed by atoms with Crippen molar-refractivity contribution >= 4 is 17.7 Å². The maximum Gasteiger partial charge on any atom is 0.193 e. The van der Waals surface area contributed by atoms with Crippen LogP contribution in [0.5, 0.6) is 0 Å². The first kappa shape index (κ1) is 17.6. The molecule has 0 radical (unpaired) electrons. The summed E-state index contributed by atoms with van der Waals surface area (Å²) in [5.41, 5.74) is 0.266. The fourth-order valence-electron chi connectivity index (χ4n) is 5.84. The van der Waals surface area contributed by atoms with Crippen LogP contribution in [0.4, 0.5) is 0 Å². The average molecular weight is 381 g/mol. The minimum Gasteiger partial charge on any atom is -0.379 e. The second-order valence-corrected chi connectivity index (χ2v) is 9.66. The molecule has 0 saturated carbocycles. The lowest BCUT2D eigenvalue weighted by atomic mass is 9.82. The van der Waals surface area contributed by atoms with Crippen molar-refractivity contribution in [3.05, 3.63) is 0 Å². The smallest absolute Gasteiger partial charge is 0.193 e. The van der Waals surface area contributed by atoms with Gasteiger partial charge in [-0.2, -0.15) is 11.8 Å². The van der Waals surface area contributed by atoms with Gasteiger partial charge in [0.25, 0.3) is 0 Å². The van der Waals surface area contributed by atoms with Crippen molar-refractivity contribution in [2.75, 3.05) is 64.5 Å². The highest BCUT2D eigenvalue weighted by molar-refractivity contribution is 7.99. The van der Waals surface area contributed by atoms with Crippen LogP contribution < -0.4 is 5.32 Å². The summed E-state index contributed by atoms with van der Waals surface area (Å²) in [6.07, 6.45) is 4.83. The first-order valence-corrected chi connectivity index (χ1v) is 11.5. The zero-order chi connectivity index (χ0) is 17.6. The van der Waals surface area contributed by atoms with E-state index in [1.807, 2.05) is 7.05 Å². The number of fused-ring (bicyclic) bond motifs is 5. The molecule has 146 valence electrons. The highest BCUT2D eigenvalue weighted by Crippen LogP contribution is 2.47. The average Bonchev–Trinajstić information content (AvgIpc) is 3.45. The largest absolute Gasteiger partial charge is 0.379 e. The van der Waals surface area contributed by atoms with Gasteiger partial charge in [0, 0.05) is 62.9 Å². The number of aliphatic imine (C=N–C) groups is 1. The van der Waals surface area contributed by atoms with Crippen molar-refractivity contribution in [2.24, 2.45) is 16.8 Å². The Bertz CT molecular complexity index is 530. The number of ether oxygens (including phenoxy) is 2. The van der Waals surface area contributed by atoms with Crippen LogP contribution in [0.1, 0.15) is 19.3 Å². The number of hydrogen-bond acceptors (Lipinski definition) is 5. The van der Waals surface area contributed by atoms with Crippen LogP contribution in [0.15, 0.2) is 4.99 Å². The van der Waals surface area contributed by atoms with Crippen molar-refractivity contribution in [3.63, 3.8) is 0 Å². The van der Waals surface area contributed by atoms with Crippen LogP contribution in [0.2, 0.25) is 0 Å². The highest BCUT2D eigenvalue weighted by Gasteiger charge is 2.53. The minimum atomic E-state index is 0.266. The van der Waals surface area contributed by atoms with E-state index in [1.54, 1.807) is 0 Å². The lowest BCUT2D eigenvalue weighted by Gasteiger charge is -2.43. The van der Waals surface area contributed by atoms with Gasteiger partial charge in [0.1, 0.15) is 0 Å². The normalized spacial score (nSPS) is 43.3. The van der Waals surface area contributed by atoms with E-state index < -0.39 is 0 Å². The molecule has 5 heterocycles. The predicted molar refractivity (Wildman–Crippen MR) is 105 cm³/mol. The quantitative estimate of drug-likeness (QED) is 0.579. The molecular formula is C19H32N4O2S. The summed E-state index contributed by atoms with van der Waals surface area (Å²) in [6.45, 7) is 7.11. The van der Waals surface area contributed by atoms with Gasteiger partial charge in [0.05, 0.1) is 25.4 Å². The maximum atomic E-state index is 6.13. The van der Waals surface area contributed by atoms with Gasteiger partial charge >= 0.3 is 0 Å². The van der Waals surface area contributed by atoms with Gasteiger partial charge in [-0.3, -0.25) is 9.89 Å². The predicted octanol–water partition coefficient (Wildman–Crippen LogP) is 0.879. The Morgan fingerprint density at radius 2 is 1.92 bits per heavy atom. The molecular weight excluding hydrogens is 348 g/mol. The number of likely N-dealkylation sites (tertiary alicyclic amines) is 1. The van der Waals surface area contributed by atoms with Gasteiger partial charge in [-0.25, -0.2) is 0 Å². The molecule has 26 heavy (non-hydrogen) atoms. The Labute approximate surface area is 161 Å². The Kier molecular flexibility index (Phi) is 4.84. The monoisotopic (exact) mass is 380 g/mol. The molecule has 5 unspecified atom stereocenters. The van der Waals surface area contributed by atoms with Crippen LogP contribution >= 0.6 is 11.8 Å². The van der Waals surface area contributed by atoms with Gasteiger partial charge in [-0.1, -0.05) is 0 Å².